The number of nitrogens with zero attached hydrogens (tertiary/aromatic N) is 1. The van der Waals surface area contributed by atoms with E-state index in [1.165, 1.54) is 21.9 Å². The van der Waals surface area contributed by atoms with Crippen LogP contribution >= 0.6 is 0 Å². The van der Waals surface area contributed by atoms with Gasteiger partial charge in [-0.15, -0.1) is 0 Å². The molecule has 1 heterocycles. The van der Waals surface area contributed by atoms with Gasteiger partial charge in [-0.1, -0.05) is 72.8 Å². The van der Waals surface area contributed by atoms with E-state index >= 15 is 0 Å². The van der Waals surface area contributed by atoms with E-state index in [0.717, 1.165) is 11.0 Å². The fraction of sp³-hybridized carbons (Fsp3) is 0. The fourth-order valence-electron chi connectivity index (χ4n) is 2.72. The Labute approximate surface area is 129 Å². The molecule has 0 bridgehead atoms. The summed E-state index contributed by atoms with van der Waals surface area (Å²) in [6.45, 7) is 0. The van der Waals surface area contributed by atoms with Crippen LogP contribution in [0.5, 0.6) is 0 Å². The molecule has 0 radical (unpaired) electrons. The smallest absolute Gasteiger partial charge is 0.0715 e. The van der Waals surface area contributed by atoms with Crippen LogP contribution in [0.1, 0.15) is 11.1 Å². The zero-order valence-electron chi connectivity index (χ0n) is 12.1. The second kappa shape index (κ2) is 5.45. The maximum Gasteiger partial charge on any atom is 0.0715 e. The Morgan fingerprint density at radius 3 is 2.32 bits per heavy atom. The van der Waals surface area contributed by atoms with Crippen molar-refractivity contribution in [2.45, 2.75) is 0 Å². The average Bonchev–Trinajstić information content (AvgIpc) is 2.59. The highest BCUT2D eigenvalue weighted by atomic mass is 14.7. The summed E-state index contributed by atoms with van der Waals surface area (Å²) in [5.41, 5.74) is 4.47. The maximum absolute atomic E-state index is 4.76. The van der Waals surface area contributed by atoms with Crippen molar-refractivity contribution in [2.24, 2.45) is 0 Å². The molecule has 0 amide bonds. The fourth-order valence-corrected chi connectivity index (χ4v) is 2.72. The Morgan fingerprint density at radius 1 is 0.636 bits per heavy atom. The molecule has 0 aliphatic heterocycles. The van der Waals surface area contributed by atoms with Gasteiger partial charge in [0.1, 0.15) is 0 Å². The zero-order chi connectivity index (χ0) is 14.8. The van der Waals surface area contributed by atoms with Gasteiger partial charge in [-0.05, 0) is 29.3 Å². The minimum atomic E-state index is 1.04. The number of aromatic nitrogens is 1. The summed E-state index contributed by atoms with van der Waals surface area (Å²) in [6.07, 6.45) is 4.30. The Kier molecular flexibility index (Phi) is 3.17. The summed E-state index contributed by atoms with van der Waals surface area (Å²) < 4.78 is 0. The van der Waals surface area contributed by atoms with Gasteiger partial charge in [0.25, 0.3) is 0 Å². The van der Waals surface area contributed by atoms with Gasteiger partial charge in [0.15, 0.2) is 0 Å². The predicted octanol–water partition coefficient (Wildman–Crippen LogP) is 5.56. The molecule has 0 aliphatic rings. The van der Waals surface area contributed by atoms with Crippen molar-refractivity contribution in [3.8, 4) is 0 Å². The van der Waals surface area contributed by atoms with E-state index < -0.39 is 0 Å². The van der Waals surface area contributed by atoms with Crippen molar-refractivity contribution in [1.82, 2.24) is 4.98 Å². The van der Waals surface area contributed by atoms with Crippen molar-refractivity contribution in [3.05, 3.63) is 90.0 Å². The number of benzene rings is 3. The molecular weight excluding hydrogens is 266 g/mol. The highest BCUT2D eigenvalue weighted by Gasteiger charge is 2.02. The lowest BCUT2D eigenvalue weighted by molar-refractivity contribution is 1.49. The van der Waals surface area contributed by atoms with Gasteiger partial charge >= 0.3 is 0 Å². The van der Waals surface area contributed by atoms with Crippen molar-refractivity contribution in [1.29, 1.82) is 0 Å². The number of pyridine rings is 1. The van der Waals surface area contributed by atoms with E-state index in [0.29, 0.717) is 0 Å². The lowest BCUT2D eigenvalue weighted by Crippen LogP contribution is -1.84. The van der Waals surface area contributed by atoms with Gasteiger partial charge in [-0.25, -0.2) is 4.98 Å². The van der Waals surface area contributed by atoms with Gasteiger partial charge in [-0.2, -0.15) is 0 Å². The molecule has 22 heavy (non-hydrogen) atoms. The minimum Gasteiger partial charge on any atom is -0.248 e. The molecule has 1 aromatic heterocycles. The van der Waals surface area contributed by atoms with Crippen molar-refractivity contribution >= 4 is 34.0 Å². The third kappa shape index (κ3) is 2.38. The van der Waals surface area contributed by atoms with E-state index in [9.17, 15) is 0 Å². The normalized spacial score (nSPS) is 11.5. The SMILES string of the molecule is C(=C\c1cccc2nc3ccccc3cc12)/c1ccccc1. The summed E-state index contributed by atoms with van der Waals surface area (Å²) in [5.74, 6) is 0. The molecule has 0 N–H and O–H groups in total. The molecule has 0 fully saturated rings. The average molecular weight is 281 g/mol. The van der Waals surface area contributed by atoms with Crippen LogP contribution in [0.4, 0.5) is 0 Å². The molecule has 1 nitrogen and oxygen atoms in total. The highest BCUT2D eigenvalue weighted by Crippen LogP contribution is 2.24. The van der Waals surface area contributed by atoms with Crippen LogP contribution in [0, 0.1) is 0 Å². The molecule has 0 unspecified atom stereocenters. The van der Waals surface area contributed by atoms with Crippen LogP contribution in [0.3, 0.4) is 0 Å². The molecule has 0 saturated heterocycles. The Bertz CT molecular complexity index is 969. The number of rotatable bonds is 2. The van der Waals surface area contributed by atoms with E-state index in [4.69, 9.17) is 4.98 Å². The third-order valence-electron chi connectivity index (χ3n) is 3.85. The summed E-state index contributed by atoms with van der Waals surface area (Å²) in [7, 11) is 0. The molecular formula is C21H15N. The van der Waals surface area contributed by atoms with Crippen molar-refractivity contribution < 1.29 is 0 Å². The van der Waals surface area contributed by atoms with Crippen LogP contribution in [0.2, 0.25) is 0 Å². The van der Waals surface area contributed by atoms with Gasteiger partial charge in [0, 0.05) is 10.8 Å². The van der Waals surface area contributed by atoms with E-state index in [-0.39, 0.29) is 0 Å². The molecule has 3 aromatic carbocycles. The van der Waals surface area contributed by atoms with Crippen LogP contribution in [0.25, 0.3) is 34.0 Å². The van der Waals surface area contributed by atoms with Crippen LogP contribution in [-0.2, 0) is 0 Å². The molecule has 104 valence electrons. The number of hydrogen-bond donors (Lipinski definition) is 0. The standard InChI is InChI=1S/C21H15N/c1-2-7-16(8-3-1)13-14-17-10-6-12-21-19(17)15-18-9-4-5-11-20(18)22-21/h1-15H/b14-13+. The Morgan fingerprint density at radius 2 is 1.41 bits per heavy atom. The topological polar surface area (TPSA) is 12.9 Å². The second-order valence-electron chi connectivity index (χ2n) is 5.34. The van der Waals surface area contributed by atoms with Gasteiger partial charge in [0.05, 0.1) is 11.0 Å². The van der Waals surface area contributed by atoms with E-state index in [2.05, 4.69) is 78.9 Å². The second-order valence-corrected chi connectivity index (χ2v) is 5.34. The molecule has 0 spiro atoms. The first-order chi connectivity index (χ1) is 10.9. The van der Waals surface area contributed by atoms with E-state index in [1.54, 1.807) is 0 Å². The molecule has 0 atom stereocenters. The number of hydrogen-bond acceptors (Lipinski definition) is 1. The molecule has 0 saturated carbocycles. The summed E-state index contributed by atoms with van der Waals surface area (Å²) in [6, 6.07) is 27.1. The predicted molar refractivity (Wildman–Crippen MR) is 94.6 cm³/mol. The first-order valence-electron chi connectivity index (χ1n) is 7.42. The molecule has 4 aromatic rings. The maximum atomic E-state index is 4.76. The molecule has 1 heteroatoms. The molecule has 0 aliphatic carbocycles. The van der Waals surface area contributed by atoms with Gasteiger partial charge in [-0.3, -0.25) is 0 Å². The summed E-state index contributed by atoms with van der Waals surface area (Å²) in [4.78, 5) is 4.76. The third-order valence-corrected chi connectivity index (χ3v) is 3.85. The Balaban J connectivity index is 1.87. The highest BCUT2D eigenvalue weighted by molar-refractivity contribution is 5.98. The monoisotopic (exact) mass is 281 g/mol. The van der Waals surface area contributed by atoms with E-state index in [1.807, 2.05) is 12.1 Å². The van der Waals surface area contributed by atoms with Crippen molar-refractivity contribution in [3.63, 3.8) is 0 Å². The number of fused-ring (bicyclic) bond motifs is 2. The van der Waals surface area contributed by atoms with Crippen LogP contribution in [-0.4, -0.2) is 4.98 Å². The summed E-state index contributed by atoms with van der Waals surface area (Å²) >= 11 is 0. The zero-order valence-corrected chi connectivity index (χ0v) is 12.1. The quantitative estimate of drug-likeness (QED) is 0.346. The van der Waals surface area contributed by atoms with Crippen LogP contribution < -0.4 is 0 Å². The lowest BCUT2D eigenvalue weighted by Gasteiger charge is -2.04. The van der Waals surface area contributed by atoms with Crippen LogP contribution in [0.15, 0.2) is 78.9 Å². The number of para-hydroxylation sites is 1. The lowest BCUT2D eigenvalue weighted by atomic mass is 10.0. The Hall–Kier alpha value is -2.93. The molecule has 4 rings (SSSR count). The minimum absolute atomic E-state index is 1.04. The van der Waals surface area contributed by atoms with Gasteiger partial charge in [0.2, 0.25) is 0 Å². The first-order valence-corrected chi connectivity index (χ1v) is 7.42. The van der Waals surface area contributed by atoms with Gasteiger partial charge < -0.3 is 0 Å². The first kappa shape index (κ1) is 12.8. The summed E-state index contributed by atoms with van der Waals surface area (Å²) in [5, 5.41) is 2.36. The largest absolute Gasteiger partial charge is 0.248 e. The van der Waals surface area contributed by atoms with Crippen molar-refractivity contribution in [2.75, 3.05) is 0 Å².